The third kappa shape index (κ3) is 2.82. The standard InChI is InChI=1S/C15H14BrN3O5/c1-15(2,14(21)22)19-6-9(5-17-19)18-13(20)8-3-10(16)12-11(4-8)23-7-24-12/h3-6H,7H2,1-2H3,(H,18,20)(H,21,22). The van der Waals surface area contributed by atoms with Crippen molar-refractivity contribution in [1.82, 2.24) is 9.78 Å². The van der Waals surface area contributed by atoms with Gasteiger partial charge < -0.3 is 19.9 Å². The van der Waals surface area contributed by atoms with Crippen LogP contribution in [0.15, 0.2) is 29.0 Å². The molecule has 2 aromatic rings. The van der Waals surface area contributed by atoms with Gasteiger partial charge in [-0.3, -0.25) is 9.48 Å². The first-order valence-corrected chi connectivity index (χ1v) is 7.77. The van der Waals surface area contributed by atoms with E-state index in [0.717, 1.165) is 0 Å². The lowest BCUT2D eigenvalue weighted by Crippen LogP contribution is -2.35. The first-order chi connectivity index (χ1) is 11.3. The molecule has 3 rings (SSSR count). The number of hydrogen-bond acceptors (Lipinski definition) is 5. The Morgan fingerprint density at radius 2 is 2.12 bits per heavy atom. The molecular formula is C15H14BrN3O5. The third-order valence-corrected chi connectivity index (χ3v) is 4.22. The number of hydrogen-bond donors (Lipinski definition) is 2. The topological polar surface area (TPSA) is 103 Å². The smallest absolute Gasteiger partial charge is 0.331 e. The number of anilines is 1. The van der Waals surface area contributed by atoms with E-state index < -0.39 is 11.5 Å². The number of carbonyl (C=O) groups excluding carboxylic acids is 1. The highest BCUT2D eigenvalue weighted by molar-refractivity contribution is 9.10. The van der Waals surface area contributed by atoms with E-state index in [2.05, 4.69) is 26.3 Å². The number of nitrogens with one attached hydrogen (secondary N) is 1. The van der Waals surface area contributed by atoms with Gasteiger partial charge in [0.1, 0.15) is 0 Å². The molecule has 0 atom stereocenters. The van der Waals surface area contributed by atoms with Crippen molar-refractivity contribution in [3.8, 4) is 11.5 Å². The molecule has 126 valence electrons. The Morgan fingerprint density at radius 3 is 2.83 bits per heavy atom. The van der Waals surface area contributed by atoms with Crippen LogP contribution in [0.2, 0.25) is 0 Å². The summed E-state index contributed by atoms with van der Waals surface area (Å²) in [5, 5.41) is 15.9. The number of carboxylic acid groups (broad SMARTS) is 1. The first kappa shape index (κ1) is 16.3. The van der Waals surface area contributed by atoms with Crippen molar-refractivity contribution in [3.05, 3.63) is 34.6 Å². The molecule has 0 radical (unpaired) electrons. The van der Waals surface area contributed by atoms with E-state index in [1.165, 1.54) is 30.9 Å². The Morgan fingerprint density at radius 1 is 1.38 bits per heavy atom. The summed E-state index contributed by atoms with van der Waals surface area (Å²) in [5.74, 6) is -0.357. The predicted octanol–water partition coefficient (Wildman–Crippen LogP) is 2.45. The van der Waals surface area contributed by atoms with E-state index in [9.17, 15) is 14.7 Å². The van der Waals surface area contributed by atoms with Gasteiger partial charge in [-0.25, -0.2) is 4.79 Å². The van der Waals surface area contributed by atoms with Crippen molar-refractivity contribution in [1.29, 1.82) is 0 Å². The second-order valence-corrected chi connectivity index (χ2v) is 6.54. The summed E-state index contributed by atoms with van der Waals surface area (Å²) in [4.78, 5) is 23.6. The van der Waals surface area contributed by atoms with E-state index in [1.807, 2.05) is 0 Å². The number of rotatable bonds is 4. The maximum Gasteiger partial charge on any atom is 0.331 e. The maximum absolute atomic E-state index is 12.4. The number of aromatic nitrogens is 2. The van der Waals surface area contributed by atoms with Crippen LogP contribution >= 0.6 is 15.9 Å². The number of aliphatic carboxylic acids is 1. The molecule has 1 aromatic carbocycles. The first-order valence-electron chi connectivity index (χ1n) is 6.98. The van der Waals surface area contributed by atoms with Crippen LogP contribution in [-0.4, -0.2) is 33.6 Å². The molecule has 1 amide bonds. The zero-order valence-electron chi connectivity index (χ0n) is 12.9. The molecule has 0 fully saturated rings. The molecular weight excluding hydrogens is 382 g/mol. The molecule has 8 nitrogen and oxygen atoms in total. The molecule has 1 aromatic heterocycles. The summed E-state index contributed by atoms with van der Waals surface area (Å²) >= 11 is 3.33. The molecule has 0 spiro atoms. The molecule has 9 heteroatoms. The van der Waals surface area contributed by atoms with Crippen molar-refractivity contribution in [2.45, 2.75) is 19.4 Å². The fourth-order valence-electron chi connectivity index (χ4n) is 2.09. The van der Waals surface area contributed by atoms with E-state index in [4.69, 9.17) is 9.47 Å². The van der Waals surface area contributed by atoms with Crippen molar-refractivity contribution in [2.75, 3.05) is 12.1 Å². The quantitative estimate of drug-likeness (QED) is 0.823. The molecule has 0 saturated heterocycles. The van der Waals surface area contributed by atoms with Crippen LogP contribution in [0.3, 0.4) is 0 Å². The monoisotopic (exact) mass is 395 g/mol. The fraction of sp³-hybridized carbons (Fsp3) is 0.267. The van der Waals surface area contributed by atoms with E-state index in [0.29, 0.717) is 27.2 Å². The average Bonchev–Trinajstić information content (AvgIpc) is 3.16. The fourth-order valence-corrected chi connectivity index (χ4v) is 2.65. The molecule has 2 N–H and O–H groups in total. The molecule has 0 bridgehead atoms. The second-order valence-electron chi connectivity index (χ2n) is 5.68. The molecule has 24 heavy (non-hydrogen) atoms. The number of carbonyl (C=O) groups is 2. The number of fused-ring (bicyclic) bond motifs is 1. The lowest BCUT2D eigenvalue weighted by molar-refractivity contribution is -0.146. The molecule has 0 saturated carbocycles. The zero-order valence-corrected chi connectivity index (χ0v) is 14.5. The van der Waals surface area contributed by atoms with Crippen LogP contribution in [0.5, 0.6) is 11.5 Å². The van der Waals surface area contributed by atoms with Crippen LogP contribution in [0.4, 0.5) is 5.69 Å². The Bertz CT molecular complexity index is 831. The number of ether oxygens (including phenoxy) is 2. The minimum atomic E-state index is -1.22. The van der Waals surface area contributed by atoms with Gasteiger partial charge in [0, 0.05) is 11.8 Å². The van der Waals surface area contributed by atoms with Crippen molar-refractivity contribution < 1.29 is 24.2 Å². The highest BCUT2D eigenvalue weighted by atomic mass is 79.9. The van der Waals surface area contributed by atoms with Crippen molar-refractivity contribution in [2.24, 2.45) is 0 Å². The largest absolute Gasteiger partial charge is 0.479 e. The van der Waals surface area contributed by atoms with Crippen LogP contribution in [0.1, 0.15) is 24.2 Å². The van der Waals surface area contributed by atoms with Crippen LogP contribution in [-0.2, 0) is 10.3 Å². The van der Waals surface area contributed by atoms with Gasteiger partial charge >= 0.3 is 5.97 Å². The highest BCUT2D eigenvalue weighted by Crippen LogP contribution is 2.40. The summed E-state index contributed by atoms with van der Waals surface area (Å²) in [6.45, 7) is 3.14. The summed E-state index contributed by atoms with van der Waals surface area (Å²) in [6, 6.07) is 3.20. The Hall–Kier alpha value is -2.55. The van der Waals surface area contributed by atoms with Crippen LogP contribution in [0.25, 0.3) is 0 Å². The maximum atomic E-state index is 12.4. The van der Waals surface area contributed by atoms with Gasteiger partial charge in [0.2, 0.25) is 6.79 Å². The summed E-state index contributed by atoms with van der Waals surface area (Å²) in [6.07, 6.45) is 2.86. The minimum Gasteiger partial charge on any atom is -0.479 e. The lowest BCUT2D eigenvalue weighted by atomic mass is 10.1. The van der Waals surface area contributed by atoms with Crippen molar-refractivity contribution in [3.63, 3.8) is 0 Å². The summed E-state index contributed by atoms with van der Waals surface area (Å²) in [5.41, 5.74) is -0.454. The average molecular weight is 396 g/mol. The normalized spacial score (nSPS) is 13.0. The van der Waals surface area contributed by atoms with Crippen LogP contribution < -0.4 is 14.8 Å². The van der Waals surface area contributed by atoms with Gasteiger partial charge in [-0.05, 0) is 41.9 Å². The Kier molecular flexibility index (Phi) is 3.96. The highest BCUT2D eigenvalue weighted by Gasteiger charge is 2.30. The van der Waals surface area contributed by atoms with Gasteiger partial charge in [-0.1, -0.05) is 0 Å². The van der Waals surface area contributed by atoms with Crippen molar-refractivity contribution >= 4 is 33.5 Å². The number of halogens is 1. The summed E-state index contributed by atoms with van der Waals surface area (Å²) in [7, 11) is 0. The number of carboxylic acids is 1. The Balaban J connectivity index is 1.80. The SMILES string of the molecule is CC(C)(C(=O)O)n1cc(NC(=O)c2cc(Br)c3c(c2)OCO3)cn1. The molecule has 2 heterocycles. The van der Waals surface area contributed by atoms with Gasteiger partial charge in [-0.15, -0.1) is 0 Å². The Labute approximate surface area is 145 Å². The van der Waals surface area contributed by atoms with Gasteiger partial charge in [-0.2, -0.15) is 5.10 Å². The molecule has 1 aliphatic heterocycles. The molecule has 0 unspecified atom stereocenters. The predicted molar refractivity (Wildman–Crippen MR) is 87.4 cm³/mol. The summed E-state index contributed by atoms with van der Waals surface area (Å²) < 4.78 is 12.5. The molecule has 0 aliphatic carbocycles. The van der Waals surface area contributed by atoms with E-state index >= 15 is 0 Å². The number of amides is 1. The van der Waals surface area contributed by atoms with Gasteiger partial charge in [0.25, 0.3) is 5.91 Å². The number of benzene rings is 1. The zero-order chi connectivity index (χ0) is 17.5. The van der Waals surface area contributed by atoms with E-state index in [-0.39, 0.29) is 12.7 Å². The lowest BCUT2D eigenvalue weighted by Gasteiger charge is -2.19. The van der Waals surface area contributed by atoms with Gasteiger partial charge in [0.15, 0.2) is 17.0 Å². The van der Waals surface area contributed by atoms with Gasteiger partial charge in [0.05, 0.1) is 16.4 Å². The van der Waals surface area contributed by atoms with Crippen LogP contribution in [0, 0.1) is 0 Å². The second kappa shape index (κ2) is 5.82. The minimum absolute atomic E-state index is 0.107. The third-order valence-electron chi connectivity index (χ3n) is 3.63. The van der Waals surface area contributed by atoms with E-state index in [1.54, 1.807) is 12.1 Å². The number of nitrogens with zero attached hydrogens (tertiary/aromatic N) is 2. The molecule has 1 aliphatic rings.